The van der Waals surface area contributed by atoms with Crippen LogP contribution in [0.4, 0.5) is 0 Å². The second-order valence-corrected chi connectivity index (χ2v) is 6.12. The number of ether oxygens (including phenoxy) is 1. The predicted octanol–water partition coefficient (Wildman–Crippen LogP) is 2.63. The van der Waals surface area contributed by atoms with Gasteiger partial charge in [0, 0.05) is 50.4 Å². The van der Waals surface area contributed by atoms with E-state index in [1.165, 1.54) is 0 Å². The lowest BCUT2D eigenvalue weighted by molar-refractivity contribution is -0.122. The summed E-state index contributed by atoms with van der Waals surface area (Å²) in [4.78, 5) is 25.0. The van der Waals surface area contributed by atoms with Crippen LogP contribution in [0.15, 0.2) is 55.4 Å². The number of rotatable bonds is 6. The predicted molar refractivity (Wildman–Crippen MR) is 107 cm³/mol. The maximum atomic E-state index is 8.36. The number of carbonyl (C=O) groups is 1. The van der Waals surface area contributed by atoms with Gasteiger partial charge in [-0.3, -0.25) is 4.79 Å². The van der Waals surface area contributed by atoms with Crippen LogP contribution in [-0.2, 0) is 24.8 Å². The van der Waals surface area contributed by atoms with E-state index < -0.39 is 0 Å². The van der Waals surface area contributed by atoms with Gasteiger partial charge in [0.05, 0.1) is 19.1 Å². The first kappa shape index (κ1) is 19.9. The summed E-state index contributed by atoms with van der Waals surface area (Å²) < 4.78 is 9.40. The molecule has 0 aliphatic rings. The van der Waals surface area contributed by atoms with Crippen LogP contribution in [0.25, 0.3) is 22.8 Å². The number of hydrogen-bond acceptors (Lipinski definition) is 5. The Kier molecular flexibility index (Phi) is 6.41. The highest BCUT2D eigenvalue weighted by Crippen LogP contribution is 2.31. The van der Waals surface area contributed by atoms with E-state index in [0.717, 1.165) is 47.3 Å². The SMILES string of the molecule is COc1ccc(-c2ncn(CCc3ncc[nH]3)c2-c2nccn2C)cc1.O=CO. The average molecular weight is 394 g/mol. The third kappa shape index (κ3) is 4.52. The molecule has 0 saturated heterocycles. The van der Waals surface area contributed by atoms with Crippen LogP contribution in [0.2, 0.25) is 0 Å². The summed E-state index contributed by atoms with van der Waals surface area (Å²) in [6.45, 7) is 0.513. The fourth-order valence-corrected chi connectivity index (χ4v) is 3.00. The van der Waals surface area contributed by atoms with Gasteiger partial charge in [0.1, 0.15) is 17.3 Å². The Hall–Kier alpha value is -3.88. The Bertz CT molecular complexity index is 1030. The number of methoxy groups -OCH3 is 1. The molecule has 150 valence electrons. The van der Waals surface area contributed by atoms with Crippen LogP contribution in [-0.4, -0.2) is 47.8 Å². The second kappa shape index (κ2) is 9.36. The van der Waals surface area contributed by atoms with Gasteiger partial charge in [-0.1, -0.05) is 0 Å². The summed E-state index contributed by atoms with van der Waals surface area (Å²) >= 11 is 0. The molecule has 4 rings (SSSR count). The number of nitrogens with one attached hydrogen (secondary N) is 1. The molecule has 0 radical (unpaired) electrons. The zero-order valence-electron chi connectivity index (χ0n) is 16.2. The standard InChI is InChI=1S/C19H20N6O.CH2O2/c1-24-12-10-22-19(24)18-17(14-3-5-15(26-2)6-4-14)23-13-25(18)11-7-16-20-8-9-21-16;2-1-3/h3-6,8-10,12-13H,7,11H2,1-2H3,(H,20,21);1H,(H,2,3). The van der Waals surface area contributed by atoms with Crippen LogP contribution in [0.1, 0.15) is 5.82 Å². The summed E-state index contributed by atoms with van der Waals surface area (Å²) in [6.07, 6.45) is 10.0. The molecule has 3 aromatic heterocycles. The van der Waals surface area contributed by atoms with E-state index in [4.69, 9.17) is 14.6 Å². The first-order valence-corrected chi connectivity index (χ1v) is 8.91. The molecule has 0 bridgehead atoms. The Labute approximate surface area is 167 Å². The normalized spacial score (nSPS) is 10.3. The molecule has 9 heteroatoms. The van der Waals surface area contributed by atoms with Crippen LogP contribution >= 0.6 is 0 Å². The van der Waals surface area contributed by atoms with Crippen LogP contribution in [0.5, 0.6) is 5.75 Å². The van der Waals surface area contributed by atoms with Crippen molar-refractivity contribution in [2.75, 3.05) is 7.11 Å². The number of aromatic amines is 1. The first-order valence-electron chi connectivity index (χ1n) is 8.91. The van der Waals surface area contributed by atoms with E-state index in [2.05, 4.69) is 24.5 Å². The van der Waals surface area contributed by atoms with E-state index in [-0.39, 0.29) is 6.47 Å². The van der Waals surface area contributed by atoms with Gasteiger partial charge >= 0.3 is 0 Å². The molecule has 0 unspecified atom stereocenters. The minimum atomic E-state index is -0.250. The topological polar surface area (TPSA) is 111 Å². The molecule has 0 atom stereocenters. The zero-order chi connectivity index (χ0) is 20.6. The van der Waals surface area contributed by atoms with Gasteiger partial charge < -0.3 is 24.0 Å². The van der Waals surface area contributed by atoms with Crippen LogP contribution in [0, 0.1) is 0 Å². The first-order chi connectivity index (χ1) is 14.2. The number of hydrogen-bond donors (Lipinski definition) is 2. The van der Waals surface area contributed by atoms with Crippen molar-refractivity contribution in [1.29, 1.82) is 0 Å². The molecule has 2 N–H and O–H groups in total. The van der Waals surface area contributed by atoms with Gasteiger partial charge in [0.25, 0.3) is 6.47 Å². The minimum absolute atomic E-state index is 0.250. The van der Waals surface area contributed by atoms with Crippen molar-refractivity contribution in [1.82, 2.24) is 29.1 Å². The molecule has 0 saturated carbocycles. The van der Waals surface area contributed by atoms with E-state index in [1.807, 2.05) is 54.6 Å². The maximum Gasteiger partial charge on any atom is 0.290 e. The lowest BCUT2D eigenvalue weighted by Crippen LogP contribution is -2.06. The average Bonchev–Trinajstić information content (AvgIpc) is 3.48. The Morgan fingerprint density at radius 3 is 2.52 bits per heavy atom. The maximum absolute atomic E-state index is 8.36. The molecule has 0 aliphatic heterocycles. The highest BCUT2D eigenvalue weighted by molar-refractivity contribution is 5.75. The second-order valence-electron chi connectivity index (χ2n) is 6.12. The van der Waals surface area contributed by atoms with Crippen molar-refractivity contribution in [2.45, 2.75) is 13.0 Å². The third-order valence-electron chi connectivity index (χ3n) is 4.38. The summed E-state index contributed by atoms with van der Waals surface area (Å²) in [7, 11) is 3.65. The van der Waals surface area contributed by atoms with Gasteiger partial charge in [0.2, 0.25) is 0 Å². The number of aromatic nitrogens is 6. The highest BCUT2D eigenvalue weighted by atomic mass is 16.5. The van der Waals surface area contributed by atoms with Crippen LogP contribution in [0.3, 0.4) is 0 Å². The number of carboxylic acid groups (broad SMARTS) is 1. The van der Waals surface area contributed by atoms with Crippen molar-refractivity contribution in [2.24, 2.45) is 7.05 Å². The van der Waals surface area contributed by atoms with E-state index in [9.17, 15) is 0 Å². The Morgan fingerprint density at radius 1 is 1.17 bits per heavy atom. The number of imidazole rings is 3. The molecule has 9 nitrogen and oxygen atoms in total. The Balaban J connectivity index is 0.000000755. The van der Waals surface area contributed by atoms with E-state index in [0.29, 0.717) is 0 Å². The summed E-state index contributed by atoms with van der Waals surface area (Å²) in [5.41, 5.74) is 2.93. The van der Waals surface area contributed by atoms with E-state index in [1.54, 1.807) is 19.5 Å². The molecule has 0 spiro atoms. The number of H-pyrrole nitrogens is 1. The molecular formula is C20H22N6O3. The van der Waals surface area contributed by atoms with Gasteiger partial charge in [-0.05, 0) is 24.3 Å². The number of aryl methyl sites for hydroxylation is 3. The molecule has 0 aliphatic carbocycles. The number of benzene rings is 1. The fourth-order valence-electron chi connectivity index (χ4n) is 3.00. The number of nitrogens with zero attached hydrogens (tertiary/aromatic N) is 5. The fraction of sp³-hybridized carbons (Fsp3) is 0.200. The molecule has 4 aromatic rings. The van der Waals surface area contributed by atoms with Crippen molar-refractivity contribution < 1.29 is 14.6 Å². The molecule has 1 aromatic carbocycles. The molecule has 0 amide bonds. The van der Waals surface area contributed by atoms with Gasteiger partial charge in [-0.25, -0.2) is 15.0 Å². The van der Waals surface area contributed by atoms with Crippen LogP contribution < -0.4 is 4.74 Å². The lowest BCUT2D eigenvalue weighted by Gasteiger charge is -2.10. The highest BCUT2D eigenvalue weighted by Gasteiger charge is 2.18. The molecular weight excluding hydrogens is 372 g/mol. The van der Waals surface area contributed by atoms with Crippen molar-refractivity contribution in [3.05, 3.63) is 61.2 Å². The minimum Gasteiger partial charge on any atom is -0.497 e. The van der Waals surface area contributed by atoms with E-state index >= 15 is 0 Å². The third-order valence-corrected chi connectivity index (χ3v) is 4.38. The van der Waals surface area contributed by atoms with Gasteiger partial charge in [-0.2, -0.15) is 0 Å². The van der Waals surface area contributed by atoms with Crippen molar-refractivity contribution in [3.63, 3.8) is 0 Å². The van der Waals surface area contributed by atoms with Crippen molar-refractivity contribution >= 4 is 6.47 Å². The summed E-state index contributed by atoms with van der Waals surface area (Å²) in [5, 5.41) is 6.89. The Morgan fingerprint density at radius 2 is 1.93 bits per heavy atom. The summed E-state index contributed by atoms with van der Waals surface area (Å²) in [5.74, 6) is 2.66. The quantitative estimate of drug-likeness (QED) is 0.486. The molecule has 29 heavy (non-hydrogen) atoms. The van der Waals surface area contributed by atoms with Gasteiger partial charge in [0.15, 0.2) is 5.82 Å². The van der Waals surface area contributed by atoms with Gasteiger partial charge in [-0.15, -0.1) is 0 Å². The molecule has 0 fully saturated rings. The summed E-state index contributed by atoms with van der Waals surface area (Å²) in [6, 6.07) is 7.92. The lowest BCUT2D eigenvalue weighted by atomic mass is 10.1. The monoisotopic (exact) mass is 394 g/mol. The molecule has 3 heterocycles. The van der Waals surface area contributed by atoms with Crippen molar-refractivity contribution in [3.8, 4) is 28.5 Å². The largest absolute Gasteiger partial charge is 0.497 e. The smallest absolute Gasteiger partial charge is 0.290 e. The zero-order valence-corrected chi connectivity index (χ0v) is 16.2.